The van der Waals surface area contributed by atoms with Crippen LogP contribution in [0.15, 0.2) is 0 Å². The Morgan fingerprint density at radius 3 is 2.17 bits per heavy atom. The molecule has 1 unspecified atom stereocenters. The minimum absolute atomic E-state index is 0.253. The third kappa shape index (κ3) is 5.27. The van der Waals surface area contributed by atoms with Gasteiger partial charge in [-0.15, -0.1) is 0 Å². The molecule has 0 spiro atoms. The van der Waals surface area contributed by atoms with Crippen molar-refractivity contribution in [2.24, 2.45) is 11.1 Å². The second-order valence-corrected chi connectivity index (χ2v) is 3.08. The first-order chi connectivity index (χ1) is 5.54. The molecular weight excluding hydrogens is 154 g/mol. The quantitative estimate of drug-likeness (QED) is 0.653. The zero-order valence-corrected chi connectivity index (χ0v) is 8.76. The topological polar surface area (TPSA) is 52.3 Å². The molecule has 0 rings (SSSR count). The minimum atomic E-state index is -0.438. The van der Waals surface area contributed by atoms with E-state index in [1.54, 1.807) is 7.11 Å². The summed E-state index contributed by atoms with van der Waals surface area (Å²) in [5, 5.41) is 0. The Hall–Kier alpha value is -0.410. The smallest absolute Gasteiger partial charge is 0.137 e. The number of methoxy groups -OCH3 is 1. The first-order valence-corrected chi connectivity index (χ1v) is 4.24. The molecule has 0 heterocycles. The molecular formula is C9H21NO2. The average molecular weight is 175 g/mol. The fourth-order valence-corrected chi connectivity index (χ4v) is 0.652. The van der Waals surface area contributed by atoms with Crippen molar-refractivity contribution in [1.82, 2.24) is 0 Å². The van der Waals surface area contributed by atoms with Gasteiger partial charge in [0.05, 0.1) is 12.6 Å². The number of ether oxygens (including phenoxy) is 1. The van der Waals surface area contributed by atoms with E-state index in [9.17, 15) is 4.79 Å². The highest BCUT2D eigenvalue weighted by atomic mass is 16.5. The van der Waals surface area contributed by atoms with Crippen molar-refractivity contribution in [2.75, 3.05) is 13.7 Å². The van der Waals surface area contributed by atoms with Gasteiger partial charge in [0, 0.05) is 12.5 Å². The molecule has 0 aliphatic carbocycles. The summed E-state index contributed by atoms with van der Waals surface area (Å²) in [4.78, 5) is 10.2. The highest BCUT2D eigenvalue weighted by molar-refractivity contribution is 5.58. The van der Waals surface area contributed by atoms with Crippen LogP contribution in [-0.2, 0) is 9.53 Å². The Kier molecular flexibility index (Phi) is 8.54. The predicted octanol–water partition coefficient (Wildman–Crippen LogP) is 1.21. The van der Waals surface area contributed by atoms with Crippen LogP contribution in [0.1, 0.15) is 27.7 Å². The van der Waals surface area contributed by atoms with Crippen LogP contribution in [0.2, 0.25) is 0 Å². The van der Waals surface area contributed by atoms with Crippen LogP contribution in [0.5, 0.6) is 0 Å². The molecule has 0 aromatic rings. The summed E-state index contributed by atoms with van der Waals surface area (Å²) in [6.45, 7) is 8.30. The SMILES string of the molecule is CC.COCC(C)(C)C(N)C=O. The Bertz CT molecular complexity index is 113. The molecule has 12 heavy (non-hydrogen) atoms. The van der Waals surface area contributed by atoms with E-state index < -0.39 is 6.04 Å². The largest absolute Gasteiger partial charge is 0.384 e. The highest BCUT2D eigenvalue weighted by Gasteiger charge is 2.25. The van der Waals surface area contributed by atoms with E-state index in [-0.39, 0.29) is 5.41 Å². The maximum Gasteiger partial charge on any atom is 0.137 e. The molecule has 2 N–H and O–H groups in total. The third-order valence-electron chi connectivity index (χ3n) is 1.57. The van der Waals surface area contributed by atoms with Crippen LogP contribution in [0.4, 0.5) is 0 Å². The lowest BCUT2D eigenvalue weighted by molar-refractivity contribution is -0.111. The normalized spacial score (nSPS) is 12.8. The number of aldehydes is 1. The Labute approximate surface area is 75.3 Å². The van der Waals surface area contributed by atoms with E-state index in [1.807, 2.05) is 27.7 Å². The number of carbonyl (C=O) groups is 1. The standard InChI is InChI=1S/C7H15NO2.C2H6/c1-7(2,5-10-3)6(8)4-9;1-2/h4,6H,5,8H2,1-3H3;1-2H3. The summed E-state index contributed by atoms with van der Waals surface area (Å²) in [5.74, 6) is 0. The molecule has 0 aliphatic rings. The first kappa shape index (κ1) is 14.1. The summed E-state index contributed by atoms with van der Waals surface area (Å²) >= 11 is 0. The molecule has 0 aliphatic heterocycles. The summed E-state index contributed by atoms with van der Waals surface area (Å²) < 4.78 is 4.89. The maximum absolute atomic E-state index is 10.2. The van der Waals surface area contributed by atoms with Crippen LogP contribution in [0.25, 0.3) is 0 Å². The highest BCUT2D eigenvalue weighted by Crippen LogP contribution is 2.17. The van der Waals surface area contributed by atoms with Crippen molar-refractivity contribution in [2.45, 2.75) is 33.7 Å². The van der Waals surface area contributed by atoms with Crippen LogP contribution < -0.4 is 5.73 Å². The molecule has 0 saturated heterocycles. The lowest BCUT2D eigenvalue weighted by Crippen LogP contribution is -2.41. The van der Waals surface area contributed by atoms with Crippen molar-refractivity contribution in [3.8, 4) is 0 Å². The summed E-state index contributed by atoms with van der Waals surface area (Å²) in [6.07, 6.45) is 0.749. The second kappa shape index (κ2) is 7.25. The first-order valence-electron chi connectivity index (χ1n) is 4.24. The average Bonchev–Trinajstić information content (AvgIpc) is 2.06. The van der Waals surface area contributed by atoms with Crippen LogP contribution >= 0.6 is 0 Å². The van der Waals surface area contributed by atoms with E-state index in [4.69, 9.17) is 10.5 Å². The Morgan fingerprint density at radius 1 is 1.50 bits per heavy atom. The lowest BCUT2D eigenvalue weighted by Gasteiger charge is -2.26. The molecule has 0 radical (unpaired) electrons. The zero-order chi connectivity index (χ0) is 10.2. The van der Waals surface area contributed by atoms with Gasteiger partial charge < -0.3 is 15.3 Å². The van der Waals surface area contributed by atoms with Crippen molar-refractivity contribution >= 4 is 6.29 Å². The van der Waals surface area contributed by atoms with Gasteiger partial charge in [-0.3, -0.25) is 0 Å². The number of hydrogen-bond acceptors (Lipinski definition) is 3. The van der Waals surface area contributed by atoms with Gasteiger partial charge in [0.1, 0.15) is 6.29 Å². The molecule has 0 saturated carbocycles. The van der Waals surface area contributed by atoms with Crippen molar-refractivity contribution in [1.29, 1.82) is 0 Å². The van der Waals surface area contributed by atoms with E-state index in [2.05, 4.69) is 0 Å². The molecule has 3 nitrogen and oxygen atoms in total. The predicted molar refractivity (Wildman–Crippen MR) is 51.0 cm³/mol. The van der Waals surface area contributed by atoms with E-state index in [0.717, 1.165) is 6.29 Å². The van der Waals surface area contributed by atoms with Crippen LogP contribution in [0, 0.1) is 5.41 Å². The van der Waals surface area contributed by atoms with Crippen LogP contribution in [-0.4, -0.2) is 26.0 Å². The van der Waals surface area contributed by atoms with Gasteiger partial charge in [-0.05, 0) is 0 Å². The fraction of sp³-hybridized carbons (Fsp3) is 0.889. The number of hydrogen-bond donors (Lipinski definition) is 1. The van der Waals surface area contributed by atoms with Gasteiger partial charge in [0.15, 0.2) is 0 Å². The molecule has 1 atom stereocenters. The molecule has 74 valence electrons. The molecule has 0 amide bonds. The number of rotatable bonds is 4. The molecule has 0 aromatic carbocycles. The maximum atomic E-state index is 10.2. The van der Waals surface area contributed by atoms with Gasteiger partial charge in [-0.1, -0.05) is 27.7 Å². The molecule has 0 aromatic heterocycles. The molecule has 0 fully saturated rings. The van der Waals surface area contributed by atoms with Crippen molar-refractivity contribution < 1.29 is 9.53 Å². The number of carbonyl (C=O) groups excluding carboxylic acids is 1. The van der Waals surface area contributed by atoms with E-state index in [1.165, 1.54) is 0 Å². The summed E-state index contributed by atoms with van der Waals surface area (Å²) in [7, 11) is 1.60. The summed E-state index contributed by atoms with van der Waals surface area (Å²) in [5.41, 5.74) is 5.24. The van der Waals surface area contributed by atoms with Gasteiger partial charge >= 0.3 is 0 Å². The zero-order valence-electron chi connectivity index (χ0n) is 8.76. The van der Waals surface area contributed by atoms with Gasteiger partial charge in [-0.2, -0.15) is 0 Å². The van der Waals surface area contributed by atoms with E-state index in [0.29, 0.717) is 6.61 Å². The van der Waals surface area contributed by atoms with Crippen LogP contribution in [0.3, 0.4) is 0 Å². The lowest BCUT2D eigenvalue weighted by atomic mass is 9.87. The summed E-state index contributed by atoms with van der Waals surface area (Å²) in [6, 6.07) is -0.438. The Morgan fingerprint density at radius 2 is 1.92 bits per heavy atom. The van der Waals surface area contributed by atoms with Crippen molar-refractivity contribution in [3.05, 3.63) is 0 Å². The van der Waals surface area contributed by atoms with Gasteiger partial charge in [0.25, 0.3) is 0 Å². The van der Waals surface area contributed by atoms with Crippen molar-refractivity contribution in [3.63, 3.8) is 0 Å². The number of nitrogens with two attached hydrogens (primary N) is 1. The molecule has 0 bridgehead atoms. The minimum Gasteiger partial charge on any atom is -0.384 e. The Balaban J connectivity index is 0. The monoisotopic (exact) mass is 175 g/mol. The van der Waals surface area contributed by atoms with Gasteiger partial charge in [0.2, 0.25) is 0 Å². The fourth-order valence-electron chi connectivity index (χ4n) is 0.652. The molecule has 3 heteroatoms. The van der Waals surface area contributed by atoms with Gasteiger partial charge in [-0.25, -0.2) is 0 Å². The third-order valence-corrected chi connectivity index (χ3v) is 1.57. The second-order valence-electron chi connectivity index (χ2n) is 3.08. The van der Waals surface area contributed by atoms with E-state index >= 15 is 0 Å².